The number of hydrogen-bond donors (Lipinski definition) is 3. The summed E-state index contributed by atoms with van der Waals surface area (Å²) in [6.45, 7) is 6.50. The first-order chi connectivity index (χ1) is 28.6. The molecular formula is C42H57F2N5O11S. The second-order valence-corrected chi connectivity index (χ2v) is 19.4. The Balaban J connectivity index is 1.42. The van der Waals surface area contributed by atoms with Crippen molar-refractivity contribution >= 4 is 44.6 Å². The van der Waals surface area contributed by atoms with Crippen LogP contribution in [0.1, 0.15) is 79.6 Å². The largest absolute Gasteiger partial charge is 0.497 e. The van der Waals surface area contributed by atoms with E-state index in [-0.39, 0.29) is 44.2 Å². The van der Waals surface area contributed by atoms with E-state index in [0.717, 1.165) is 18.7 Å². The first-order valence-corrected chi connectivity index (χ1v) is 22.2. The van der Waals surface area contributed by atoms with E-state index in [2.05, 4.69) is 15.0 Å². The monoisotopic (exact) mass is 877 g/mol. The summed E-state index contributed by atoms with van der Waals surface area (Å²) in [5.74, 6) is -6.68. The number of alkyl halides is 2. The summed E-state index contributed by atoms with van der Waals surface area (Å²) in [5.41, 5.74) is -4.06. The number of pyridine rings is 1. The minimum Gasteiger partial charge on any atom is -0.497 e. The van der Waals surface area contributed by atoms with E-state index in [0.29, 0.717) is 66.4 Å². The molecule has 1 saturated heterocycles. The van der Waals surface area contributed by atoms with Crippen molar-refractivity contribution in [3.05, 3.63) is 36.5 Å². The van der Waals surface area contributed by atoms with Gasteiger partial charge in [0.1, 0.15) is 47.4 Å². The maximum atomic E-state index is 15.4. The minimum atomic E-state index is -4.01. The normalized spacial score (nSPS) is 27.5. The van der Waals surface area contributed by atoms with E-state index >= 15 is 13.6 Å². The molecule has 0 radical (unpaired) electrons. The molecule has 3 N–H and O–H groups in total. The fourth-order valence-corrected chi connectivity index (χ4v) is 9.82. The molecule has 16 nitrogen and oxygen atoms in total. The predicted octanol–water partition coefficient (Wildman–Crippen LogP) is 4.89. The van der Waals surface area contributed by atoms with Crippen molar-refractivity contribution in [2.75, 3.05) is 34.0 Å². The van der Waals surface area contributed by atoms with Crippen LogP contribution in [0.25, 0.3) is 10.8 Å². The predicted molar refractivity (Wildman–Crippen MR) is 219 cm³/mol. The van der Waals surface area contributed by atoms with Crippen molar-refractivity contribution in [3.8, 4) is 17.4 Å². The number of fused-ring (bicyclic) bond motifs is 3. The van der Waals surface area contributed by atoms with Crippen molar-refractivity contribution in [1.82, 2.24) is 24.8 Å². The molecule has 2 aliphatic carbocycles. The number of amides is 4. The number of nitrogens with zero attached hydrogens (tertiary/aromatic N) is 3. The van der Waals surface area contributed by atoms with Crippen molar-refractivity contribution in [1.29, 1.82) is 0 Å². The van der Waals surface area contributed by atoms with Gasteiger partial charge >= 0.3 is 6.09 Å². The van der Waals surface area contributed by atoms with Gasteiger partial charge in [-0.25, -0.2) is 27.0 Å². The van der Waals surface area contributed by atoms with Crippen LogP contribution < -0.4 is 24.2 Å². The van der Waals surface area contributed by atoms with E-state index in [4.69, 9.17) is 18.9 Å². The molecule has 6 rings (SSSR count). The standard InChI is InChI=1S/C42H57F2N5O11S/c1-24-10-8-9-11-26-21-42(26,38(52)47-61(55,56)29-13-14-29)46-35(50)32-20-28(60-36-30-15-12-27(58-7)19-31(30)33(22-45-36)59-17-16-57-6)23-48(32)37(51)34(25(2)18-24)49(39(53)54)40(3,4)41(5,43)44/h9,11-12,15,19,22,24-26,28-29,32,34H,8,10,13-14,16-18,20-21,23H2,1-7H3,(H,46,50)(H,47,52)(H,53,54)/t24-,25-,26-,28-,32+,34+,42-/m1/s1. The zero-order valence-corrected chi connectivity index (χ0v) is 36.4. The quantitative estimate of drug-likeness (QED) is 0.182. The summed E-state index contributed by atoms with van der Waals surface area (Å²) in [7, 11) is -0.960. The van der Waals surface area contributed by atoms with Crippen LogP contribution in [0.5, 0.6) is 17.4 Å². The second-order valence-electron chi connectivity index (χ2n) is 17.5. The highest BCUT2D eigenvalue weighted by atomic mass is 32.2. The highest BCUT2D eigenvalue weighted by Gasteiger charge is 2.62. The van der Waals surface area contributed by atoms with Gasteiger partial charge in [0.15, 0.2) is 0 Å². The average Bonchev–Trinajstić information content (AvgIpc) is 4.11. The molecule has 19 heteroatoms. The number of hydrogen-bond acceptors (Lipinski definition) is 11. The first kappa shape index (κ1) is 45.7. The SMILES string of the molecule is COCCOc1cnc(O[C@@H]2C[C@H]3C(=O)N[C@]4(C(=O)NS(=O)(=O)C5CC5)C[C@H]4C=CCC[C@@H](C)C[C@@H](C)[C@H](N(C(=O)O)C(C)(C)C(C)(F)F)C(=O)N3C2)c2ccc(OC)cc12. The van der Waals surface area contributed by atoms with Gasteiger partial charge in [0.2, 0.25) is 27.7 Å². The molecule has 1 aromatic carbocycles. The molecule has 0 spiro atoms. The highest BCUT2D eigenvalue weighted by molar-refractivity contribution is 7.91. The van der Waals surface area contributed by atoms with E-state index in [1.807, 2.05) is 13.0 Å². The molecule has 1 aromatic heterocycles. The van der Waals surface area contributed by atoms with E-state index in [9.17, 15) is 27.9 Å². The molecule has 3 heterocycles. The van der Waals surface area contributed by atoms with E-state index in [1.54, 1.807) is 31.2 Å². The molecular weight excluding hydrogens is 821 g/mol. The third-order valence-corrected chi connectivity index (χ3v) is 14.4. The van der Waals surface area contributed by atoms with Crippen molar-refractivity contribution in [2.45, 2.75) is 120 Å². The number of benzene rings is 1. The lowest BCUT2D eigenvalue weighted by Gasteiger charge is -2.47. The fourth-order valence-electron chi connectivity index (χ4n) is 8.46. The smallest absolute Gasteiger partial charge is 0.408 e. The molecule has 61 heavy (non-hydrogen) atoms. The molecule has 4 amide bonds. The maximum Gasteiger partial charge on any atom is 0.408 e. The number of aromatic nitrogens is 1. The number of sulfonamides is 1. The van der Waals surface area contributed by atoms with Crippen molar-refractivity contribution < 1.29 is 60.4 Å². The number of allylic oxidation sites excluding steroid dienone is 1. The van der Waals surface area contributed by atoms with Crippen molar-refractivity contribution in [3.63, 3.8) is 0 Å². The number of carbonyl (C=O) groups excluding carboxylic acids is 3. The number of nitrogens with one attached hydrogen (secondary N) is 2. The number of halogens is 2. The minimum absolute atomic E-state index is 0.0851. The van der Waals surface area contributed by atoms with E-state index in [1.165, 1.54) is 20.4 Å². The molecule has 2 saturated carbocycles. The van der Waals surface area contributed by atoms with Gasteiger partial charge in [0.05, 0.1) is 31.7 Å². The summed E-state index contributed by atoms with van der Waals surface area (Å²) in [6.07, 6.45) is 4.44. The Labute approximate surface area is 354 Å². The lowest BCUT2D eigenvalue weighted by molar-refractivity contribution is -0.156. The molecule has 7 atom stereocenters. The Morgan fingerprint density at radius 3 is 2.44 bits per heavy atom. The van der Waals surface area contributed by atoms with Crippen LogP contribution in [-0.4, -0.2) is 127 Å². The van der Waals surface area contributed by atoms with Gasteiger partial charge in [-0.15, -0.1) is 0 Å². The van der Waals surface area contributed by atoms with Crippen LogP contribution in [-0.2, 0) is 29.1 Å². The molecule has 2 aliphatic heterocycles. The molecule has 4 aliphatic rings. The van der Waals surface area contributed by atoms with Crippen LogP contribution in [0, 0.1) is 17.8 Å². The first-order valence-electron chi connectivity index (χ1n) is 20.7. The Kier molecular flexibility index (Phi) is 13.1. The topological polar surface area (TPSA) is 203 Å². The number of ether oxygens (including phenoxy) is 4. The third kappa shape index (κ3) is 9.51. The Morgan fingerprint density at radius 1 is 1.08 bits per heavy atom. The van der Waals surface area contributed by atoms with Crippen LogP contribution >= 0.6 is 0 Å². The van der Waals surface area contributed by atoms with Gasteiger partial charge in [-0.1, -0.05) is 26.0 Å². The molecule has 0 unspecified atom stereocenters. The van der Waals surface area contributed by atoms with Crippen LogP contribution in [0.4, 0.5) is 13.6 Å². The molecule has 3 fully saturated rings. The summed E-state index contributed by atoms with van der Waals surface area (Å²) in [4.78, 5) is 63.0. The Bertz CT molecular complexity index is 2150. The summed E-state index contributed by atoms with van der Waals surface area (Å²) < 4.78 is 81.9. The molecule has 2 aromatic rings. The maximum absolute atomic E-state index is 15.4. The second kappa shape index (κ2) is 17.5. The number of methoxy groups -OCH3 is 2. The highest BCUT2D eigenvalue weighted by Crippen LogP contribution is 2.47. The number of rotatable bonds is 13. The zero-order valence-electron chi connectivity index (χ0n) is 35.6. The van der Waals surface area contributed by atoms with Crippen LogP contribution in [0.3, 0.4) is 0 Å². The lowest BCUT2D eigenvalue weighted by Crippen LogP contribution is -2.66. The molecule has 336 valence electrons. The molecule has 0 bridgehead atoms. The van der Waals surface area contributed by atoms with Gasteiger partial charge in [0, 0.05) is 37.1 Å². The Morgan fingerprint density at radius 2 is 1.80 bits per heavy atom. The van der Waals surface area contributed by atoms with Crippen LogP contribution in [0.2, 0.25) is 0 Å². The number of carboxylic acid groups (broad SMARTS) is 1. The van der Waals surface area contributed by atoms with Gasteiger partial charge in [0.25, 0.3) is 11.8 Å². The zero-order chi connectivity index (χ0) is 44.7. The fraction of sp³-hybridized carbons (Fsp3) is 0.643. The van der Waals surface area contributed by atoms with Crippen LogP contribution in [0.15, 0.2) is 36.5 Å². The summed E-state index contributed by atoms with van der Waals surface area (Å²) in [5, 5.41) is 13.8. The van der Waals surface area contributed by atoms with Gasteiger partial charge < -0.3 is 34.3 Å². The lowest BCUT2D eigenvalue weighted by atomic mass is 9.84. The van der Waals surface area contributed by atoms with Gasteiger partial charge in [-0.2, -0.15) is 0 Å². The average molecular weight is 878 g/mol. The van der Waals surface area contributed by atoms with Gasteiger partial charge in [-0.05, 0) is 82.4 Å². The third-order valence-electron chi connectivity index (χ3n) is 12.6. The summed E-state index contributed by atoms with van der Waals surface area (Å²) >= 11 is 0. The number of carbonyl (C=O) groups is 4. The Hall–Kier alpha value is -4.78. The van der Waals surface area contributed by atoms with E-state index < -0.39 is 86.1 Å². The van der Waals surface area contributed by atoms with Crippen molar-refractivity contribution in [2.24, 2.45) is 17.8 Å². The summed E-state index contributed by atoms with van der Waals surface area (Å²) in [6, 6.07) is 2.04. The van der Waals surface area contributed by atoms with Gasteiger partial charge in [-0.3, -0.25) is 24.0 Å².